The molecule has 0 bridgehead atoms. The highest BCUT2D eigenvalue weighted by molar-refractivity contribution is 9.10. The van der Waals surface area contributed by atoms with Gasteiger partial charge in [0.25, 0.3) is 0 Å². The molecular weight excluding hydrogens is 264 g/mol. The Bertz CT molecular complexity index is 355. The van der Waals surface area contributed by atoms with Gasteiger partial charge in [0, 0.05) is 11.4 Å². The Morgan fingerprint density at radius 3 is 2.79 bits per heavy atom. The molecule has 1 N–H and O–H groups in total. The highest BCUT2D eigenvalue weighted by Crippen LogP contribution is 2.21. The minimum Gasteiger partial charge on any atom is -0.302 e. The van der Waals surface area contributed by atoms with Crippen LogP contribution in [0.3, 0.4) is 0 Å². The summed E-state index contributed by atoms with van der Waals surface area (Å²) in [6.45, 7) is 5.75. The van der Waals surface area contributed by atoms with Crippen LogP contribution in [0.15, 0.2) is 16.9 Å². The van der Waals surface area contributed by atoms with Crippen molar-refractivity contribution in [2.24, 2.45) is 0 Å². The van der Waals surface area contributed by atoms with Gasteiger partial charge in [-0.05, 0) is 48.3 Å². The molecule has 14 heavy (non-hydrogen) atoms. The second-order valence-corrected chi connectivity index (χ2v) is 5.79. The lowest BCUT2D eigenvalue weighted by Gasteiger charge is -2.10. The number of hydrogen-bond acceptors (Lipinski definition) is 2. The van der Waals surface area contributed by atoms with Crippen molar-refractivity contribution in [3.63, 3.8) is 0 Å². The summed E-state index contributed by atoms with van der Waals surface area (Å²) < 4.78 is 15.1. The largest absolute Gasteiger partial charge is 0.302 e. The van der Waals surface area contributed by atoms with Crippen molar-refractivity contribution < 1.29 is 4.21 Å². The Labute approximate surface area is 95.0 Å². The molecule has 1 aromatic rings. The fourth-order valence-corrected chi connectivity index (χ4v) is 1.91. The maximum Gasteiger partial charge on any atom is 0.130 e. The number of hydrogen-bond donors (Lipinski definition) is 1. The van der Waals surface area contributed by atoms with Crippen LogP contribution in [0.25, 0.3) is 0 Å². The third kappa shape index (κ3) is 3.06. The van der Waals surface area contributed by atoms with E-state index >= 15 is 0 Å². The number of pyridine rings is 1. The molecule has 0 fully saturated rings. The Kier molecular flexibility index (Phi) is 4.07. The summed E-state index contributed by atoms with van der Waals surface area (Å²) in [4.78, 5) is 4.11. The van der Waals surface area contributed by atoms with Crippen molar-refractivity contribution in [3.05, 3.63) is 22.4 Å². The molecule has 1 rings (SSSR count). The van der Waals surface area contributed by atoms with Gasteiger partial charge in [-0.3, -0.25) is 0 Å². The first-order valence-corrected chi connectivity index (χ1v) is 6.30. The first kappa shape index (κ1) is 11.7. The fraction of sp³-hybridized carbons (Fsp3) is 0.444. The van der Waals surface area contributed by atoms with Crippen molar-refractivity contribution >= 4 is 32.6 Å². The van der Waals surface area contributed by atoms with E-state index in [1.54, 1.807) is 6.20 Å². The molecule has 1 aromatic heterocycles. The summed E-state index contributed by atoms with van der Waals surface area (Å²) in [5, 5.41) is 0.0856. The number of anilines is 1. The lowest BCUT2D eigenvalue weighted by molar-refractivity contribution is 0.680. The van der Waals surface area contributed by atoms with E-state index in [1.165, 1.54) is 0 Å². The molecule has 0 saturated carbocycles. The van der Waals surface area contributed by atoms with Crippen molar-refractivity contribution in [2.45, 2.75) is 26.0 Å². The Balaban J connectivity index is 2.86. The highest BCUT2D eigenvalue weighted by atomic mass is 79.9. The topological polar surface area (TPSA) is 42.0 Å². The van der Waals surface area contributed by atoms with Gasteiger partial charge in [-0.1, -0.05) is 0 Å². The van der Waals surface area contributed by atoms with Gasteiger partial charge in [0.2, 0.25) is 0 Å². The van der Waals surface area contributed by atoms with E-state index in [2.05, 4.69) is 25.6 Å². The summed E-state index contributed by atoms with van der Waals surface area (Å²) in [6, 6.07) is 1.91. The van der Waals surface area contributed by atoms with Crippen LogP contribution in [-0.4, -0.2) is 14.4 Å². The van der Waals surface area contributed by atoms with Crippen LogP contribution in [0.2, 0.25) is 0 Å². The van der Waals surface area contributed by atoms with Gasteiger partial charge in [-0.25, -0.2) is 9.19 Å². The van der Waals surface area contributed by atoms with E-state index in [-0.39, 0.29) is 5.25 Å². The van der Waals surface area contributed by atoms with Crippen LogP contribution in [0.1, 0.15) is 19.4 Å². The predicted molar refractivity (Wildman–Crippen MR) is 63.6 cm³/mol. The van der Waals surface area contributed by atoms with Crippen LogP contribution >= 0.6 is 15.9 Å². The zero-order chi connectivity index (χ0) is 10.7. The monoisotopic (exact) mass is 276 g/mol. The van der Waals surface area contributed by atoms with E-state index in [1.807, 2.05) is 26.8 Å². The number of nitrogens with one attached hydrogen (secondary N) is 1. The minimum absolute atomic E-state index is 0.0856. The summed E-state index contributed by atoms with van der Waals surface area (Å²) in [5.41, 5.74) is 1.81. The standard InChI is InChI=1S/C9H13BrN2OS/c1-6(2)14(13)12-8-4-7(3)5-11-9(8)10/h4-6,12H,1-3H3. The quantitative estimate of drug-likeness (QED) is 0.863. The Morgan fingerprint density at radius 1 is 1.57 bits per heavy atom. The van der Waals surface area contributed by atoms with Crippen LogP contribution in [-0.2, 0) is 11.0 Å². The van der Waals surface area contributed by atoms with Crippen LogP contribution in [0.4, 0.5) is 5.69 Å². The maximum atomic E-state index is 11.5. The Morgan fingerprint density at radius 2 is 2.21 bits per heavy atom. The van der Waals surface area contributed by atoms with Crippen molar-refractivity contribution in [3.8, 4) is 0 Å². The molecule has 0 aliphatic carbocycles. The molecule has 0 radical (unpaired) electrons. The molecule has 0 saturated heterocycles. The SMILES string of the molecule is Cc1cnc(Br)c(NS(=O)C(C)C)c1. The molecule has 78 valence electrons. The lowest BCUT2D eigenvalue weighted by Crippen LogP contribution is -2.15. The molecule has 0 aromatic carbocycles. The number of rotatable bonds is 3. The zero-order valence-electron chi connectivity index (χ0n) is 8.37. The van der Waals surface area contributed by atoms with Crippen LogP contribution in [0, 0.1) is 6.92 Å². The van der Waals surface area contributed by atoms with Crippen LogP contribution in [0.5, 0.6) is 0 Å². The summed E-state index contributed by atoms with van der Waals surface area (Å²) in [5.74, 6) is 0. The predicted octanol–water partition coefficient (Wildman–Crippen LogP) is 2.64. The van der Waals surface area contributed by atoms with E-state index in [0.717, 1.165) is 11.3 Å². The second-order valence-electron chi connectivity index (χ2n) is 3.30. The molecule has 0 amide bonds. The smallest absolute Gasteiger partial charge is 0.130 e. The van der Waals surface area contributed by atoms with E-state index in [4.69, 9.17) is 0 Å². The average Bonchev–Trinajstić information content (AvgIpc) is 2.11. The van der Waals surface area contributed by atoms with Gasteiger partial charge >= 0.3 is 0 Å². The van der Waals surface area contributed by atoms with Crippen molar-refractivity contribution in [2.75, 3.05) is 4.72 Å². The molecule has 0 aliphatic heterocycles. The molecule has 3 nitrogen and oxygen atoms in total. The number of aromatic nitrogens is 1. The summed E-state index contributed by atoms with van der Waals surface area (Å²) in [6.07, 6.45) is 1.76. The first-order valence-electron chi connectivity index (χ1n) is 4.30. The maximum absolute atomic E-state index is 11.5. The number of halogens is 1. The Hall–Kier alpha value is -0.420. The van der Waals surface area contributed by atoms with Gasteiger partial charge in [-0.2, -0.15) is 0 Å². The molecule has 0 aliphatic rings. The van der Waals surface area contributed by atoms with Gasteiger partial charge < -0.3 is 4.72 Å². The van der Waals surface area contributed by atoms with Gasteiger partial charge in [0.1, 0.15) is 15.6 Å². The van der Waals surface area contributed by atoms with E-state index in [0.29, 0.717) is 4.60 Å². The first-order chi connectivity index (χ1) is 6.50. The van der Waals surface area contributed by atoms with Crippen molar-refractivity contribution in [1.82, 2.24) is 4.98 Å². The highest BCUT2D eigenvalue weighted by Gasteiger charge is 2.08. The molecule has 1 unspecified atom stereocenters. The van der Waals surface area contributed by atoms with Crippen molar-refractivity contribution in [1.29, 1.82) is 0 Å². The third-order valence-corrected chi connectivity index (χ3v) is 3.52. The second kappa shape index (κ2) is 4.89. The molecule has 5 heteroatoms. The molecule has 1 atom stereocenters. The normalized spacial score (nSPS) is 12.9. The molecule has 1 heterocycles. The summed E-state index contributed by atoms with van der Waals surface area (Å²) >= 11 is 3.30. The molecule has 0 spiro atoms. The summed E-state index contributed by atoms with van der Waals surface area (Å²) in [7, 11) is -1.06. The third-order valence-electron chi connectivity index (χ3n) is 1.61. The van der Waals surface area contributed by atoms with Gasteiger partial charge in [0.15, 0.2) is 0 Å². The molecular formula is C9H13BrN2OS. The lowest BCUT2D eigenvalue weighted by atomic mass is 10.3. The van der Waals surface area contributed by atoms with E-state index in [9.17, 15) is 4.21 Å². The number of aryl methyl sites for hydroxylation is 1. The van der Waals surface area contributed by atoms with E-state index < -0.39 is 11.0 Å². The number of nitrogens with zero attached hydrogens (tertiary/aromatic N) is 1. The average molecular weight is 277 g/mol. The zero-order valence-corrected chi connectivity index (χ0v) is 10.8. The van der Waals surface area contributed by atoms with Crippen LogP contribution < -0.4 is 4.72 Å². The fourth-order valence-electron chi connectivity index (χ4n) is 0.850. The van der Waals surface area contributed by atoms with Gasteiger partial charge in [-0.15, -0.1) is 0 Å². The minimum atomic E-state index is -1.06. The van der Waals surface area contributed by atoms with Gasteiger partial charge in [0.05, 0.1) is 5.69 Å².